The highest BCUT2D eigenvalue weighted by Crippen LogP contribution is 2.29. The molecule has 0 radical (unpaired) electrons. The zero-order chi connectivity index (χ0) is 14.7. The summed E-state index contributed by atoms with van der Waals surface area (Å²) < 4.78 is 5.24. The highest BCUT2D eigenvalue weighted by molar-refractivity contribution is 5.41. The van der Waals surface area contributed by atoms with Gasteiger partial charge in [-0.1, -0.05) is 0 Å². The number of phenolic OH excluding ortho intramolecular Hbond substituents is 1. The summed E-state index contributed by atoms with van der Waals surface area (Å²) in [6, 6.07) is 6.61. The molecule has 1 saturated heterocycles. The van der Waals surface area contributed by atoms with Crippen molar-refractivity contribution >= 4 is 0 Å². The van der Waals surface area contributed by atoms with Gasteiger partial charge in [0.2, 0.25) is 0 Å². The van der Waals surface area contributed by atoms with Crippen LogP contribution in [0.5, 0.6) is 11.5 Å². The first-order valence-electron chi connectivity index (χ1n) is 7.34. The van der Waals surface area contributed by atoms with E-state index in [1.54, 1.807) is 19.2 Å². The van der Waals surface area contributed by atoms with Crippen molar-refractivity contribution in [2.45, 2.75) is 44.8 Å². The molecule has 4 nitrogen and oxygen atoms in total. The summed E-state index contributed by atoms with van der Waals surface area (Å²) in [7, 11) is 3.82. The van der Waals surface area contributed by atoms with E-state index < -0.39 is 0 Å². The van der Waals surface area contributed by atoms with E-state index in [0.29, 0.717) is 17.8 Å². The van der Waals surface area contributed by atoms with Gasteiger partial charge >= 0.3 is 0 Å². The first-order valence-corrected chi connectivity index (χ1v) is 7.34. The van der Waals surface area contributed by atoms with Gasteiger partial charge in [0.05, 0.1) is 7.11 Å². The zero-order valence-electron chi connectivity index (χ0n) is 12.9. The number of benzene rings is 1. The Balaban J connectivity index is 2.03. The summed E-state index contributed by atoms with van der Waals surface area (Å²) in [5, 5.41) is 13.7. The monoisotopic (exact) mass is 278 g/mol. The van der Waals surface area contributed by atoms with E-state index >= 15 is 0 Å². The van der Waals surface area contributed by atoms with Crippen molar-refractivity contribution in [3.05, 3.63) is 23.8 Å². The van der Waals surface area contributed by atoms with Gasteiger partial charge in [-0.2, -0.15) is 0 Å². The van der Waals surface area contributed by atoms with Crippen LogP contribution in [0, 0.1) is 0 Å². The minimum Gasteiger partial charge on any atom is -0.508 e. The number of aromatic hydroxyl groups is 1. The van der Waals surface area contributed by atoms with E-state index in [1.807, 2.05) is 6.07 Å². The van der Waals surface area contributed by atoms with Gasteiger partial charge in [-0.05, 0) is 58.5 Å². The summed E-state index contributed by atoms with van der Waals surface area (Å²) in [6.45, 7) is 5.48. The van der Waals surface area contributed by atoms with Crippen LogP contribution in [-0.2, 0) is 0 Å². The molecule has 1 aliphatic heterocycles. The van der Waals surface area contributed by atoms with E-state index in [-0.39, 0.29) is 6.04 Å². The summed E-state index contributed by atoms with van der Waals surface area (Å²) in [6.07, 6.45) is 2.29. The Hall–Kier alpha value is -1.26. The van der Waals surface area contributed by atoms with Gasteiger partial charge in [0, 0.05) is 23.7 Å². The molecule has 0 aromatic heterocycles. The minimum absolute atomic E-state index is 0.116. The van der Waals surface area contributed by atoms with Crippen molar-refractivity contribution in [3.8, 4) is 11.5 Å². The average Bonchev–Trinajstić information content (AvgIpc) is 2.43. The number of nitrogens with one attached hydrogen (secondary N) is 1. The first kappa shape index (κ1) is 15.1. The van der Waals surface area contributed by atoms with Crippen LogP contribution in [0.3, 0.4) is 0 Å². The van der Waals surface area contributed by atoms with Gasteiger partial charge in [-0.3, -0.25) is 0 Å². The Morgan fingerprint density at radius 3 is 2.85 bits per heavy atom. The molecule has 112 valence electrons. The number of methoxy groups -OCH3 is 1. The Kier molecular flexibility index (Phi) is 4.89. The second-order valence-corrected chi connectivity index (χ2v) is 5.86. The quantitative estimate of drug-likeness (QED) is 0.888. The Bertz CT molecular complexity index is 450. The lowest BCUT2D eigenvalue weighted by Gasteiger charge is -2.36. The van der Waals surface area contributed by atoms with Crippen molar-refractivity contribution in [3.63, 3.8) is 0 Å². The maximum Gasteiger partial charge on any atom is 0.120 e. The molecule has 1 aromatic carbocycles. The largest absolute Gasteiger partial charge is 0.508 e. The van der Waals surface area contributed by atoms with Crippen molar-refractivity contribution in [1.29, 1.82) is 0 Å². The number of nitrogens with zero attached hydrogens (tertiary/aromatic N) is 1. The van der Waals surface area contributed by atoms with E-state index in [2.05, 4.69) is 31.1 Å². The fourth-order valence-electron chi connectivity index (χ4n) is 2.89. The molecule has 0 saturated carbocycles. The van der Waals surface area contributed by atoms with Gasteiger partial charge in [0.25, 0.3) is 0 Å². The molecule has 1 fully saturated rings. The summed E-state index contributed by atoms with van der Waals surface area (Å²) >= 11 is 0. The number of hydrogen-bond donors (Lipinski definition) is 2. The van der Waals surface area contributed by atoms with Crippen LogP contribution < -0.4 is 10.1 Å². The molecule has 2 rings (SSSR count). The molecule has 3 unspecified atom stereocenters. The molecule has 1 heterocycles. The molecule has 0 bridgehead atoms. The lowest BCUT2D eigenvalue weighted by Crippen LogP contribution is -2.46. The third-order valence-corrected chi connectivity index (χ3v) is 4.40. The van der Waals surface area contributed by atoms with Gasteiger partial charge in [0.15, 0.2) is 0 Å². The number of piperidine rings is 1. The topological polar surface area (TPSA) is 44.7 Å². The van der Waals surface area contributed by atoms with E-state index in [1.165, 1.54) is 0 Å². The van der Waals surface area contributed by atoms with E-state index in [4.69, 9.17) is 4.74 Å². The summed E-state index contributed by atoms with van der Waals surface area (Å²) in [5.74, 6) is 1.11. The Labute approximate surface area is 121 Å². The van der Waals surface area contributed by atoms with Crippen molar-refractivity contribution in [2.24, 2.45) is 0 Å². The van der Waals surface area contributed by atoms with Gasteiger partial charge in [-0.15, -0.1) is 0 Å². The fraction of sp³-hybridized carbons (Fsp3) is 0.625. The smallest absolute Gasteiger partial charge is 0.120 e. The first-order chi connectivity index (χ1) is 9.51. The second-order valence-electron chi connectivity index (χ2n) is 5.86. The van der Waals surface area contributed by atoms with E-state index in [0.717, 1.165) is 30.7 Å². The normalized spacial score (nSPS) is 25.4. The summed E-state index contributed by atoms with van der Waals surface area (Å²) in [4.78, 5) is 2.39. The molecule has 1 aromatic rings. The van der Waals surface area contributed by atoms with Crippen molar-refractivity contribution < 1.29 is 9.84 Å². The molecule has 20 heavy (non-hydrogen) atoms. The summed E-state index contributed by atoms with van der Waals surface area (Å²) in [5.41, 5.74) is 0.899. The second kappa shape index (κ2) is 6.46. The maximum absolute atomic E-state index is 10.0. The van der Waals surface area contributed by atoms with Crippen LogP contribution in [0.25, 0.3) is 0 Å². The molecule has 4 heteroatoms. The maximum atomic E-state index is 10.0. The number of hydrogen-bond acceptors (Lipinski definition) is 4. The lowest BCUT2D eigenvalue weighted by molar-refractivity contribution is 0.163. The van der Waals surface area contributed by atoms with Crippen LogP contribution in [-0.4, -0.2) is 42.8 Å². The highest BCUT2D eigenvalue weighted by Gasteiger charge is 2.24. The number of likely N-dealkylation sites (tertiary alicyclic amines) is 1. The van der Waals surface area contributed by atoms with Gasteiger partial charge in [0.1, 0.15) is 11.5 Å². The molecule has 2 N–H and O–H groups in total. The predicted molar refractivity (Wildman–Crippen MR) is 81.3 cm³/mol. The van der Waals surface area contributed by atoms with Crippen LogP contribution in [0.2, 0.25) is 0 Å². The zero-order valence-corrected chi connectivity index (χ0v) is 12.9. The molecule has 0 aliphatic carbocycles. The Morgan fingerprint density at radius 2 is 2.20 bits per heavy atom. The molecule has 3 atom stereocenters. The fourth-order valence-corrected chi connectivity index (χ4v) is 2.89. The number of ether oxygens (including phenoxy) is 1. The standard InChI is InChI=1S/C16H26N2O2/c1-11-9-13(7-8-18(11)3)17-12(2)15-10-14(20-4)5-6-16(15)19/h5-6,10-13,17,19H,7-9H2,1-4H3. The highest BCUT2D eigenvalue weighted by atomic mass is 16.5. The van der Waals surface area contributed by atoms with Crippen LogP contribution in [0.1, 0.15) is 38.3 Å². The third-order valence-electron chi connectivity index (χ3n) is 4.40. The van der Waals surface area contributed by atoms with Gasteiger partial charge < -0.3 is 20.1 Å². The Morgan fingerprint density at radius 1 is 1.45 bits per heavy atom. The van der Waals surface area contributed by atoms with E-state index in [9.17, 15) is 5.11 Å². The SMILES string of the molecule is COc1ccc(O)c(C(C)NC2CCN(C)C(C)C2)c1. The van der Waals surface area contributed by atoms with Gasteiger partial charge in [-0.25, -0.2) is 0 Å². The molecule has 1 aliphatic rings. The third kappa shape index (κ3) is 3.44. The number of rotatable bonds is 4. The molecular formula is C16H26N2O2. The van der Waals surface area contributed by atoms with Crippen LogP contribution in [0.4, 0.5) is 0 Å². The predicted octanol–water partition coefficient (Wildman–Crippen LogP) is 2.53. The van der Waals surface area contributed by atoms with Crippen LogP contribution >= 0.6 is 0 Å². The molecule has 0 amide bonds. The van der Waals surface area contributed by atoms with Crippen molar-refractivity contribution in [2.75, 3.05) is 20.7 Å². The average molecular weight is 278 g/mol. The number of phenols is 1. The minimum atomic E-state index is 0.116. The molecular weight excluding hydrogens is 252 g/mol. The van der Waals surface area contributed by atoms with Crippen molar-refractivity contribution in [1.82, 2.24) is 10.2 Å². The van der Waals surface area contributed by atoms with Crippen LogP contribution in [0.15, 0.2) is 18.2 Å². The lowest BCUT2D eigenvalue weighted by atomic mass is 9.97. The molecule has 0 spiro atoms.